The van der Waals surface area contributed by atoms with Crippen molar-refractivity contribution in [3.8, 4) is 0 Å². The Bertz CT molecular complexity index is 622. The van der Waals surface area contributed by atoms with Crippen molar-refractivity contribution in [2.75, 3.05) is 6.54 Å². The van der Waals surface area contributed by atoms with Crippen LogP contribution >= 0.6 is 11.3 Å². The number of thiophene rings is 1. The number of piperidine rings is 1. The molecule has 1 saturated heterocycles. The van der Waals surface area contributed by atoms with Gasteiger partial charge in [0, 0.05) is 22.3 Å². The molecule has 112 valence electrons. The molecule has 2 unspecified atom stereocenters. The maximum Gasteiger partial charge on any atom is 0.244 e. The molecule has 1 amide bonds. The Morgan fingerprint density at radius 1 is 1.40 bits per heavy atom. The highest BCUT2D eigenvalue weighted by Gasteiger charge is 2.37. The fourth-order valence-corrected chi connectivity index (χ4v) is 5.86. The third-order valence-corrected chi connectivity index (χ3v) is 7.01. The van der Waals surface area contributed by atoms with Gasteiger partial charge in [0.15, 0.2) is 0 Å². The first-order valence-electron chi connectivity index (χ1n) is 6.61. The highest BCUT2D eigenvalue weighted by atomic mass is 32.2. The molecule has 0 spiro atoms. The third-order valence-electron chi connectivity index (χ3n) is 3.81. The van der Waals surface area contributed by atoms with Crippen LogP contribution in [0.25, 0.3) is 0 Å². The van der Waals surface area contributed by atoms with Crippen molar-refractivity contribution < 1.29 is 13.2 Å². The van der Waals surface area contributed by atoms with Crippen LogP contribution in [0.15, 0.2) is 11.0 Å². The number of rotatable bonds is 3. The van der Waals surface area contributed by atoms with Gasteiger partial charge in [-0.3, -0.25) is 4.79 Å². The zero-order valence-electron chi connectivity index (χ0n) is 11.9. The van der Waals surface area contributed by atoms with E-state index >= 15 is 0 Å². The lowest BCUT2D eigenvalue weighted by molar-refractivity contribution is -0.123. The van der Waals surface area contributed by atoms with Gasteiger partial charge in [0.25, 0.3) is 0 Å². The van der Waals surface area contributed by atoms with Crippen LogP contribution in [0.1, 0.15) is 29.5 Å². The van der Waals surface area contributed by atoms with E-state index in [4.69, 9.17) is 5.73 Å². The Labute approximate surface area is 123 Å². The molecule has 1 aliphatic rings. The lowest BCUT2D eigenvalue weighted by atomic mass is 9.95. The van der Waals surface area contributed by atoms with Gasteiger partial charge in [-0.2, -0.15) is 4.31 Å². The summed E-state index contributed by atoms with van der Waals surface area (Å²) in [5, 5.41) is 0. The Morgan fingerprint density at radius 2 is 2.05 bits per heavy atom. The fourth-order valence-electron chi connectivity index (χ4n) is 2.63. The van der Waals surface area contributed by atoms with Gasteiger partial charge in [-0.25, -0.2) is 8.42 Å². The lowest BCUT2D eigenvalue weighted by Crippen LogP contribution is -2.48. The van der Waals surface area contributed by atoms with Crippen molar-refractivity contribution in [1.29, 1.82) is 0 Å². The highest BCUT2D eigenvalue weighted by Crippen LogP contribution is 2.32. The highest BCUT2D eigenvalue weighted by molar-refractivity contribution is 7.89. The van der Waals surface area contributed by atoms with Crippen LogP contribution in [0.5, 0.6) is 0 Å². The minimum absolute atomic E-state index is 0.102. The summed E-state index contributed by atoms with van der Waals surface area (Å²) in [4.78, 5) is 13.5. The molecule has 2 heterocycles. The molecular formula is C13H20N2O3S2. The summed E-state index contributed by atoms with van der Waals surface area (Å²) in [6, 6.07) is 1.60. The normalized spacial score (nSPS) is 24.8. The van der Waals surface area contributed by atoms with Crippen molar-refractivity contribution in [3.05, 3.63) is 15.8 Å². The number of carbonyl (C=O) groups excluding carboxylic acids is 1. The van der Waals surface area contributed by atoms with Crippen molar-refractivity contribution in [2.24, 2.45) is 11.7 Å². The fraction of sp³-hybridized carbons (Fsp3) is 0.615. The predicted molar refractivity (Wildman–Crippen MR) is 79.1 cm³/mol. The third kappa shape index (κ3) is 2.75. The van der Waals surface area contributed by atoms with E-state index in [9.17, 15) is 13.2 Å². The lowest BCUT2D eigenvalue weighted by Gasteiger charge is -2.35. The molecule has 1 fully saturated rings. The van der Waals surface area contributed by atoms with Crippen molar-refractivity contribution in [1.82, 2.24) is 4.31 Å². The summed E-state index contributed by atoms with van der Waals surface area (Å²) in [7, 11) is -3.55. The van der Waals surface area contributed by atoms with Crippen LogP contribution in [0.3, 0.4) is 0 Å². The molecule has 0 saturated carbocycles. The summed E-state index contributed by atoms with van der Waals surface area (Å²) in [5.41, 5.74) is 5.33. The maximum absolute atomic E-state index is 12.8. The predicted octanol–water partition coefficient (Wildman–Crippen LogP) is 1.64. The zero-order chi connectivity index (χ0) is 15.1. The monoisotopic (exact) mass is 316 g/mol. The minimum Gasteiger partial charge on any atom is -0.369 e. The quantitative estimate of drug-likeness (QED) is 0.920. The second-order valence-corrected chi connectivity index (χ2v) is 8.70. The topological polar surface area (TPSA) is 80.5 Å². The van der Waals surface area contributed by atoms with E-state index in [2.05, 4.69) is 0 Å². The Balaban J connectivity index is 2.37. The van der Waals surface area contributed by atoms with E-state index in [-0.39, 0.29) is 18.5 Å². The number of nitrogens with zero attached hydrogens (tertiary/aromatic N) is 1. The molecule has 1 aliphatic heterocycles. The van der Waals surface area contributed by atoms with Gasteiger partial charge in [0.05, 0.1) is 10.8 Å². The number of amides is 1. The largest absolute Gasteiger partial charge is 0.369 e. The van der Waals surface area contributed by atoms with E-state index in [0.717, 1.165) is 9.75 Å². The maximum atomic E-state index is 12.8. The van der Waals surface area contributed by atoms with Gasteiger partial charge < -0.3 is 5.73 Å². The van der Waals surface area contributed by atoms with Crippen LogP contribution in [-0.2, 0) is 14.8 Å². The van der Waals surface area contributed by atoms with E-state index in [0.29, 0.717) is 17.7 Å². The minimum atomic E-state index is -3.55. The van der Waals surface area contributed by atoms with E-state index < -0.39 is 15.9 Å². The molecule has 0 aromatic carbocycles. The van der Waals surface area contributed by atoms with Crippen LogP contribution < -0.4 is 5.73 Å². The van der Waals surface area contributed by atoms with E-state index in [1.165, 1.54) is 15.6 Å². The number of sulfonamides is 1. The molecule has 2 rings (SSSR count). The second-order valence-electron chi connectivity index (χ2n) is 5.38. The molecular weight excluding hydrogens is 296 g/mol. The molecule has 5 nitrogen and oxygen atoms in total. The Morgan fingerprint density at radius 3 is 2.55 bits per heavy atom. The Kier molecular flexibility index (Phi) is 4.22. The summed E-state index contributed by atoms with van der Waals surface area (Å²) < 4.78 is 27.0. The molecule has 0 radical (unpaired) electrons. The van der Waals surface area contributed by atoms with Gasteiger partial charge in [-0.15, -0.1) is 11.3 Å². The van der Waals surface area contributed by atoms with Gasteiger partial charge in [-0.1, -0.05) is 0 Å². The smallest absolute Gasteiger partial charge is 0.244 e. The molecule has 2 atom stereocenters. The number of hydrogen-bond donors (Lipinski definition) is 1. The number of hydrogen-bond acceptors (Lipinski definition) is 4. The second kappa shape index (κ2) is 5.46. The van der Waals surface area contributed by atoms with Crippen LogP contribution in [0, 0.1) is 19.8 Å². The van der Waals surface area contributed by atoms with Crippen molar-refractivity contribution >= 4 is 27.3 Å². The molecule has 2 N–H and O–H groups in total. The van der Waals surface area contributed by atoms with Gasteiger partial charge in [0.1, 0.15) is 0 Å². The molecule has 7 heteroatoms. The Hall–Kier alpha value is -0.920. The first kappa shape index (κ1) is 15.5. The van der Waals surface area contributed by atoms with Crippen molar-refractivity contribution in [3.63, 3.8) is 0 Å². The first-order valence-corrected chi connectivity index (χ1v) is 8.87. The molecule has 20 heavy (non-hydrogen) atoms. The van der Waals surface area contributed by atoms with Crippen LogP contribution in [0.4, 0.5) is 0 Å². The number of nitrogens with two attached hydrogens (primary N) is 1. The van der Waals surface area contributed by atoms with Gasteiger partial charge >= 0.3 is 0 Å². The molecule has 1 aromatic rings. The summed E-state index contributed by atoms with van der Waals surface area (Å²) in [6.07, 6.45) is 1.32. The molecule has 1 aromatic heterocycles. The number of primary amides is 1. The standard InChI is InChI=1S/C13H20N2O3S2/c1-8-4-5-11(13(14)16)7-15(8)20(17,18)12-6-9(2)19-10(12)3/h6,8,11H,4-5,7H2,1-3H3,(H2,14,16). The van der Waals surface area contributed by atoms with E-state index in [1.54, 1.807) is 6.07 Å². The number of carbonyl (C=O) groups is 1. The van der Waals surface area contributed by atoms with Gasteiger partial charge in [0.2, 0.25) is 15.9 Å². The summed E-state index contributed by atoms with van der Waals surface area (Å²) in [6.45, 7) is 5.77. The zero-order valence-corrected chi connectivity index (χ0v) is 13.6. The number of aryl methyl sites for hydroxylation is 2. The van der Waals surface area contributed by atoms with Gasteiger partial charge in [-0.05, 0) is 39.7 Å². The molecule has 0 bridgehead atoms. The SMILES string of the molecule is Cc1cc(S(=O)(=O)N2CC(C(N)=O)CCC2C)c(C)s1. The van der Waals surface area contributed by atoms with E-state index in [1.807, 2.05) is 20.8 Å². The average molecular weight is 316 g/mol. The van der Waals surface area contributed by atoms with Crippen molar-refractivity contribution in [2.45, 2.75) is 44.6 Å². The van der Waals surface area contributed by atoms with Crippen LogP contribution in [0.2, 0.25) is 0 Å². The van der Waals surface area contributed by atoms with Crippen LogP contribution in [-0.4, -0.2) is 31.2 Å². The first-order chi connectivity index (χ1) is 9.23. The molecule has 0 aliphatic carbocycles. The average Bonchev–Trinajstić information content (AvgIpc) is 2.69. The summed E-state index contributed by atoms with van der Waals surface area (Å²) >= 11 is 1.47. The summed E-state index contributed by atoms with van der Waals surface area (Å²) in [5.74, 6) is -0.809.